The van der Waals surface area contributed by atoms with Gasteiger partial charge in [-0.1, -0.05) is 71.2 Å². The average molecular weight is 792 g/mol. The number of alkyl halides is 3. The van der Waals surface area contributed by atoms with Gasteiger partial charge in [0.1, 0.15) is 0 Å². The number of nitrogens with one attached hydrogen (secondary N) is 1. The summed E-state index contributed by atoms with van der Waals surface area (Å²) < 4.78 is 46.2. The van der Waals surface area contributed by atoms with Gasteiger partial charge in [0, 0.05) is 17.1 Å². The lowest BCUT2D eigenvalue weighted by Gasteiger charge is -2.50. The van der Waals surface area contributed by atoms with Gasteiger partial charge >= 0.3 is 6.18 Å². The van der Waals surface area contributed by atoms with Gasteiger partial charge in [0.25, 0.3) is 11.8 Å². The Morgan fingerprint density at radius 1 is 0.945 bits per heavy atom. The maximum atomic E-state index is 15.3. The molecule has 2 aliphatic heterocycles. The summed E-state index contributed by atoms with van der Waals surface area (Å²) in [7, 11) is 0. The molecule has 2 N–H and O–H groups in total. The molecule has 8 rings (SSSR count). The molecule has 282 valence electrons. The molecular weight excluding hydrogens is 760 g/mol. The zero-order chi connectivity index (χ0) is 39.0. The van der Waals surface area contributed by atoms with Crippen LogP contribution in [0.1, 0.15) is 42.4 Å². The second-order valence-electron chi connectivity index (χ2n) is 13.9. The number of ether oxygens (including phenoxy) is 1. The van der Waals surface area contributed by atoms with Crippen molar-refractivity contribution in [3.63, 3.8) is 0 Å². The van der Waals surface area contributed by atoms with Crippen LogP contribution in [0, 0.1) is 23.7 Å². The highest BCUT2D eigenvalue weighted by Crippen LogP contribution is 2.64. The van der Waals surface area contributed by atoms with Crippen LogP contribution in [0.2, 0.25) is 10.0 Å². The number of aromatic nitrogens is 1. The van der Waals surface area contributed by atoms with Crippen molar-refractivity contribution in [2.75, 3.05) is 16.9 Å². The SMILES string of the molecule is CCOc1cc(C2C3=CCC4C(=O)N(c5ccccc5)C(=O)C4C3CC3C(=O)N(Nc4ncc(C(F)(F)F)cc4Cl)C(=O)C32c2ccc(Cl)cc2)ccc1O. The standard InChI is InChI=1S/C40H31Cl2F3N4O6/c1-2-55-31-16-20(8-15-30(31)50)33-25-13-14-26-32(37(53)48(35(26)51)24-6-4-3-5-7-24)27(25)18-28-36(52)49(38(54)39(28,33)21-9-11-23(41)12-10-21)47-34-29(42)17-22(19-46-34)40(43,44)45/h3-13,15-17,19,26-28,32-33,50H,2,14,18H2,1H3,(H,46,47). The van der Waals surface area contributed by atoms with Crippen molar-refractivity contribution in [1.29, 1.82) is 0 Å². The molecule has 3 heterocycles. The van der Waals surface area contributed by atoms with Crippen LogP contribution < -0.4 is 15.1 Å². The molecule has 6 atom stereocenters. The Bertz CT molecular complexity index is 2290. The topological polar surface area (TPSA) is 129 Å². The first-order valence-electron chi connectivity index (χ1n) is 17.5. The molecule has 10 nitrogen and oxygen atoms in total. The zero-order valence-corrected chi connectivity index (χ0v) is 30.4. The average Bonchev–Trinajstić information content (AvgIpc) is 3.54. The molecule has 3 fully saturated rings. The number of fused-ring (bicyclic) bond motifs is 4. The molecule has 4 aromatic rings. The van der Waals surface area contributed by atoms with Gasteiger partial charge in [-0.2, -0.15) is 18.2 Å². The van der Waals surface area contributed by atoms with Crippen LogP contribution >= 0.6 is 23.2 Å². The van der Waals surface area contributed by atoms with E-state index in [1.54, 1.807) is 73.7 Å². The van der Waals surface area contributed by atoms with E-state index in [1.807, 2.05) is 6.08 Å². The summed E-state index contributed by atoms with van der Waals surface area (Å²) in [6.07, 6.45) is -2.21. The summed E-state index contributed by atoms with van der Waals surface area (Å²) in [6, 6.07) is 20.3. The van der Waals surface area contributed by atoms with E-state index in [0.717, 1.165) is 5.01 Å². The lowest BCUT2D eigenvalue weighted by Crippen LogP contribution is -2.53. The minimum Gasteiger partial charge on any atom is -0.504 e. The first-order chi connectivity index (χ1) is 26.3. The number of aromatic hydroxyl groups is 1. The number of phenols is 1. The van der Waals surface area contributed by atoms with E-state index in [0.29, 0.717) is 39.7 Å². The number of hydrogen-bond acceptors (Lipinski definition) is 8. The Morgan fingerprint density at radius 2 is 1.67 bits per heavy atom. The smallest absolute Gasteiger partial charge is 0.417 e. The molecule has 1 saturated carbocycles. The third-order valence-electron chi connectivity index (χ3n) is 11.2. The lowest BCUT2D eigenvalue weighted by molar-refractivity contribution is -0.139. The molecule has 2 saturated heterocycles. The van der Waals surface area contributed by atoms with Gasteiger partial charge < -0.3 is 9.84 Å². The van der Waals surface area contributed by atoms with Crippen LogP contribution in [0.3, 0.4) is 0 Å². The first-order valence-corrected chi connectivity index (χ1v) is 18.2. The van der Waals surface area contributed by atoms with Gasteiger partial charge in [0.15, 0.2) is 17.3 Å². The summed E-state index contributed by atoms with van der Waals surface area (Å²) in [6.45, 7) is 1.94. The van der Waals surface area contributed by atoms with Gasteiger partial charge in [-0.25, -0.2) is 4.98 Å². The number of allylic oxidation sites excluding steroid dienone is 2. The van der Waals surface area contributed by atoms with Crippen LogP contribution in [-0.2, 0) is 30.8 Å². The molecule has 4 amide bonds. The van der Waals surface area contributed by atoms with Crippen LogP contribution in [0.25, 0.3) is 0 Å². The Balaban J connectivity index is 1.32. The van der Waals surface area contributed by atoms with Crippen LogP contribution in [0.4, 0.5) is 24.7 Å². The predicted octanol–water partition coefficient (Wildman–Crippen LogP) is 7.70. The summed E-state index contributed by atoms with van der Waals surface area (Å²) in [4.78, 5) is 63.6. The number of para-hydroxylation sites is 1. The van der Waals surface area contributed by atoms with E-state index in [4.69, 9.17) is 27.9 Å². The van der Waals surface area contributed by atoms with Crippen LogP contribution in [0.15, 0.2) is 96.7 Å². The molecule has 3 aromatic carbocycles. The molecule has 0 radical (unpaired) electrons. The van der Waals surface area contributed by atoms with Gasteiger partial charge in [-0.3, -0.25) is 29.5 Å². The van der Waals surface area contributed by atoms with Crippen molar-refractivity contribution in [2.45, 2.75) is 37.3 Å². The zero-order valence-electron chi connectivity index (χ0n) is 28.9. The Hall–Kier alpha value is -5.40. The molecule has 0 spiro atoms. The molecule has 6 unspecified atom stereocenters. The Morgan fingerprint density at radius 3 is 2.35 bits per heavy atom. The molecular formula is C40H31Cl2F3N4O6. The minimum absolute atomic E-state index is 0.0406. The fourth-order valence-electron chi connectivity index (χ4n) is 8.97. The number of pyridine rings is 1. The van der Waals surface area contributed by atoms with E-state index >= 15 is 4.79 Å². The number of halogens is 5. The summed E-state index contributed by atoms with van der Waals surface area (Å²) in [5.74, 6) is -7.20. The largest absolute Gasteiger partial charge is 0.504 e. The number of imide groups is 2. The first kappa shape index (κ1) is 36.6. The second kappa shape index (κ2) is 13.4. The molecule has 15 heteroatoms. The third-order valence-corrected chi connectivity index (χ3v) is 11.7. The number of amides is 4. The van der Waals surface area contributed by atoms with E-state index in [9.17, 15) is 32.7 Å². The maximum Gasteiger partial charge on any atom is 0.417 e. The maximum absolute atomic E-state index is 15.3. The monoisotopic (exact) mass is 790 g/mol. The van der Waals surface area contributed by atoms with Crippen molar-refractivity contribution in [3.05, 3.63) is 123 Å². The summed E-state index contributed by atoms with van der Waals surface area (Å²) >= 11 is 12.6. The summed E-state index contributed by atoms with van der Waals surface area (Å²) in [5, 5.41) is 11.3. The number of benzene rings is 3. The van der Waals surface area contributed by atoms with Crippen molar-refractivity contribution in [2.24, 2.45) is 23.7 Å². The number of anilines is 2. The van der Waals surface area contributed by atoms with Gasteiger partial charge in [0.2, 0.25) is 11.8 Å². The number of carbonyl (C=O) groups is 4. The fraction of sp³-hybridized carbons (Fsp3) is 0.275. The second-order valence-corrected chi connectivity index (χ2v) is 14.8. The predicted molar refractivity (Wildman–Crippen MR) is 195 cm³/mol. The highest BCUT2D eigenvalue weighted by Gasteiger charge is 2.70. The minimum atomic E-state index is -4.75. The highest BCUT2D eigenvalue weighted by molar-refractivity contribution is 6.33. The number of hydrazine groups is 1. The molecule has 2 aliphatic carbocycles. The highest BCUT2D eigenvalue weighted by atomic mass is 35.5. The number of hydrogen-bond donors (Lipinski definition) is 2. The van der Waals surface area contributed by atoms with Gasteiger partial charge in [-0.05, 0) is 79.3 Å². The van der Waals surface area contributed by atoms with E-state index in [1.165, 1.54) is 11.0 Å². The molecule has 0 bridgehead atoms. The van der Waals surface area contributed by atoms with Crippen molar-refractivity contribution < 1.29 is 42.2 Å². The molecule has 4 aliphatic rings. The van der Waals surface area contributed by atoms with Crippen molar-refractivity contribution >= 4 is 58.3 Å². The lowest BCUT2D eigenvalue weighted by atomic mass is 9.49. The van der Waals surface area contributed by atoms with Gasteiger partial charge in [-0.15, -0.1) is 0 Å². The molecule has 55 heavy (non-hydrogen) atoms. The molecule has 1 aromatic heterocycles. The number of nitrogens with zero attached hydrogens (tertiary/aromatic N) is 3. The normalized spacial score (nSPS) is 26.1. The van der Waals surface area contributed by atoms with Crippen molar-refractivity contribution in [1.82, 2.24) is 9.99 Å². The van der Waals surface area contributed by atoms with E-state index in [-0.39, 0.29) is 42.7 Å². The number of carbonyl (C=O) groups excluding carboxylic acids is 4. The summed E-state index contributed by atoms with van der Waals surface area (Å²) in [5.41, 5.74) is 1.68. The number of phenolic OH excluding ortho intramolecular Hbond substituents is 1. The van der Waals surface area contributed by atoms with Crippen LogP contribution in [-0.4, -0.2) is 45.3 Å². The quantitative estimate of drug-likeness (QED) is 0.144. The Labute approximate surface area is 322 Å². The van der Waals surface area contributed by atoms with Crippen molar-refractivity contribution in [3.8, 4) is 11.5 Å². The van der Waals surface area contributed by atoms with Gasteiger partial charge in [0.05, 0.1) is 46.0 Å². The van der Waals surface area contributed by atoms with E-state index < -0.39 is 69.5 Å². The van der Waals surface area contributed by atoms with E-state index in [2.05, 4.69) is 10.4 Å². The fourth-order valence-corrected chi connectivity index (χ4v) is 9.31. The third kappa shape index (κ3) is 5.66. The Kier molecular flexibility index (Phi) is 8.92. The van der Waals surface area contributed by atoms with Crippen LogP contribution in [0.5, 0.6) is 11.5 Å². The number of rotatable bonds is 7.